The highest BCUT2D eigenvalue weighted by Crippen LogP contribution is 2.35. The summed E-state index contributed by atoms with van der Waals surface area (Å²) >= 11 is 0. The van der Waals surface area contributed by atoms with Gasteiger partial charge in [0.1, 0.15) is 12.2 Å². The normalized spacial score (nSPS) is 20.3. The summed E-state index contributed by atoms with van der Waals surface area (Å²) in [5.74, 6) is 0.516. The van der Waals surface area contributed by atoms with Crippen molar-refractivity contribution in [3.63, 3.8) is 0 Å². The van der Waals surface area contributed by atoms with Crippen LogP contribution in [0.25, 0.3) is 0 Å². The van der Waals surface area contributed by atoms with Crippen LogP contribution < -0.4 is 15.4 Å². The van der Waals surface area contributed by atoms with Crippen molar-refractivity contribution in [2.24, 2.45) is 16.3 Å². The predicted octanol–water partition coefficient (Wildman–Crippen LogP) is 4.10. The van der Waals surface area contributed by atoms with E-state index in [0.29, 0.717) is 18.4 Å². The zero-order chi connectivity index (χ0) is 21.5. The van der Waals surface area contributed by atoms with Gasteiger partial charge in [-0.15, -0.1) is 24.0 Å². The molecule has 30 heavy (non-hydrogen) atoms. The highest BCUT2D eigenvalue weighted by atomic mass is 127. The van der Waals surface area contributed by atoms with Gasteiger partial charge in [-0.3, -0.25) is 4.99 Å². The van der Waals surface area contributed by atoms with Gasteiger partial charge in [0.05, 0.1) is 12.6 Å². The largest absolute Gasteiger partial charge is 0.475 e. The number of hydrogen-bond acceptors (Lipinski definition) is 4. The molecule has 2 heterocycles. The van der Waals surface area contributed by atoms with Crippen LogP contribution >= 0.6 is 24.0 Å². The molecule has 10 heteroatoms. The van der Waals surface area contributed by atoms with Crippen LogP contribution in [0.1, 0.15) is 39.2 Å². The van der Waals surface area contributed by atoms with Crippen LogP contribution in [0.4, 0.5) is 13.2 Å². The van der Waals surface area contributed by atoms with E-state index in [1.54, 1.807) is 7.05 Å². The summed E-state index contributed by atoms with van der Waals surface area (Å²) in [6.07, 6.45) is -0.953. The van der Waals surface area contributed by atoms with Gasteiger partial charge >= 0.3 is 6.18 Å². The minimum atomic E-state index is -4.50. The Morgan fingerprint density at radius 1 is 1.30 bits per heavy atom. The number of guanidine groups is 1. The Bertz CT molecular complexity index is 681. The SMILES string of the molecule is CN=C(NCCOc1ncccc1C(F)(F)F)NCC1CCCOC1C(C)(C)C.I. The topological polar surface area (TPSA) is 67.8 Å². The number of pyridine rings is 1. The lowest BCUT2D eigenvalue weighted by Crippen LogP contribution is -2.48. The third kappa shape index (κ3) is 8.09. The van der Waals surface area contributed by atoms with E-state index in [0.717, 1.165) is 25.5 Å². The van der Waals surface area contributed by atoms with E-state index < -0.39 is 17.6 Å². The van der Waals surface area contributed by atoms with Crippen LogP contribution in [0, 0.1) is 11.3 Å². The molecule has 0 saturated carbocycles. The molecule has 1 aromatic heterocycles. The summed E-state index contributed by atoms with van der Waals surface area (Å²) in [6, 6.07) is 2.19. The minimum absolute atomic E-state index is 0. The van der Waals surface area contributed by atoms with Crippen LogP contribution in [-0.2, 0) is 10.9 Å². The standard InChI is InChI=1S/C20H31F3N4O2.HI/c1-19(2,3)16-14(7-6-11-28-16)13-27-18(24-4)26-10-12-29-17-15(20(21,22)23)8-5-9-25-17;/h5,8-9,14,16H,6-7,10-13H2,1-4H3,(H2,24,26,27);1H. The van der Waals surface area contributed by atoms with Crippen molar-refractivity contribution < 1.29 is 22.6 Å². The Morgan fingerprint density at radius 3 is 2.67 bits per heavy atom. The maximum absolute atomic E-state index is 13.0. The lowest BCUT2D eigenvalue weighted by molar-refractivity contribution is -0.139. The lowest BCUT2D eigenvalue weighted by atomic mass is 9.78. The van der Waals surface area contributed by atoms with Crippen LogP contribution in [0.2, 0.25) is 0 Å². The molecule has 2 atom stereocenters. The number of alkyl halides is 3. The molecule has 0 spiro atoms. The first-order chi connectivity index (χ1) is 13.6. The molecule has 1 fully saturated rings. The first-order valence-electron chi connectivity index (χ1n) is 9.84. The average molecular weight is 544 g/mol. The van der Waals surface area contributed by atoms with E-state index in [-0.39, 0.29) is 48.6 Å². The fourth-order valence-electron chi connectivity index (χ4n) is 3.50. The molecule has 0 amide bonds. The zero-order valence-electron chi connectivity index (χ0n) is 17.9. The maximum atomic E-state index is 13.0. The van der Waals surface area contributed by atoms with Crippen molar-refractivity contribution >= 4 is 29.9 Å². The molecule has 172 valence electrons. The number of halogens is 4. The monoisotopic (exact) mass is 544 g/mol. The first kappa shape index (κ1) is 26.7. The molecule has 1 aliphatic rings. The van der Waals surface area contributed by atoms with Gasteiger partial charge in [-0.1, -0.05) is 20.8 Å². The third-order valence-electron chi connectivity index (χ3n) is 4.76. The number of aromatic nitrogens is 1. The number of nitrogens with zero attached hydrogens (tertiary/aromatic N) is 2. The first-order valence-corrected chi connectivity index (χ1v) is 9.84. The van der Waals surface area contributed by atoms with Gasteiger partial charge in [-0.05, 0) is 30.4 Å². The van der Waals surface area contributed by atoms with Crippen molar-refractivity contribution in [1.82, 2.24) is 15.6 Å². The van der Waals surface area contributed by atoms with Crippen molar-refractivity contribution in [2.75, 3.05) is 33.4 Å². The van der Waals surface area contributed by atoms with E-state index in [1.807, 2.05) is 0 Å². The summed E-state index contributed by atoms with van der Waals surface area (Å²) in [6.45, 7) is 8.33. The van der Waals surface area contributed by atoms with Crippen LogP contribution in [0.3, 0.4) is 0 Å². The molecule has 1 aliphatic heterocycles. The van der Waals surface area contributed by atoms with E-state index >= 15 is 0 Å². The number of ether oxygens (including phenoxy) is 2. The molecule has 0 aromatic carbocycles. The quantitative estimate of drug-likeness (QED) is 0.245. The van der Waals surface area contributed by atoms with Crippen molar-refractivity contribution in [1.29, 1.82) is 0 Å². The Morgan fingerprint density at radius 2 is 2.03 bits per heavy atom. The zero-order valence-corrected chi connectivity index (χ0v) is 20.2. The number of rotatable bonds is 6. The van der Waals surface area contributed by atoms with Gasteiger partial charge in [-0.25, -0.2) is 4.98 Å². The molecular formula is C20H32F3IN4O2. The molecule has 0 radical (unpaired) electrons. The van der Waals surface area contributed by atoms with E-state index in [2.05, 4.69) is 41.4 Å². The Labute approximate surface area is 193 Å². The van der Waals surface area contributed by atoms with Crippen LogP contribution in [-0.4, -0.2) is 50.4 Å². The second-order valence-corrected chi connectivity index (χ2v) is 8.14. The molecule has 2 unspecified atom stereocenters. The van der Waals surface area contributed by atoms with Gasteiger partial charge in [0.2, 0.25) is 5.88 Å². The number of hydrogen-bond donors (Lipinski definition) is 2. The van der Waals surface area contributed by atoms with Gasteiger partial charge in [0, 0.05) is 32.3 Å². The second-order valence-electron chi connectivity index (χ2n) is 8.14. The van der Waals surface area contributed by atoms with Gasteiger partial charge in [-0.2, -0.15) is 13.2 Å². The summed E-state index contributed by atoms with van der Waals surface area (Å²) in [5.41, 5.74) is -0.829. The number of aliphatic imine (C=N–C) groups is 1. The molecule has 1 saturated heterocycles. The smallest absolute Gasteiger partial charge is 0.421 e. The summed E-state index contributed by atoms with van der Waals surface area (Å²) in [7, 11) is 1.65. The minimum Gasteiger partial charge on any atom is -0.475 e. The number of nitrogens with one attached hydrogen (secondary N) is 2. The average Bonchev–Trinajstić information content (AvgIpc) is 2.66. The van der Waals surface area contributed by atoms with E-state index in [1.165, 1.54) is 12.3 Å². The Balaban J connectivity index is 0.00000450. The molecule has 2 N–H and O–H groups in total. The van der Waals surface area contributed by atoms with Gasteiger partial charge in [0.15, 0.2) is 5.96 Å². The highest BCUT2D eigenvalue weighted by molar-refractivity contribution is 14.0. The molecule has 1 aromatic rings. The molecule has 0 aliphatic carbocycles. The molecular weight excluding hydrogens is 512 g/mol. The van der Waals surface area contributed by atoms with Gasteiger partial charge < -0.3 is 20.1 Å². The highest BCUT2D eigenvalue weighted by Gasteiger charge is 2.36. The van der Waals surface area contributed by atoms with Crippen molar-refractivity contribution in [2.45, 2.75) is 45.9 Å². The molecule has 6 nitrogen and oxygen atoms in total. The maximum Gasteiger partial charge on any atom is 0.421 e. The van der Waals surface area contributed by atoms with E-state index in [4.69, 9.17) is 9.47 Å². The van der Waals surface area contributed by atoms with Crippen molar-refractivity contribution in [3.8, 4) is 5.88 Å². The predicted molar refractivity (Wildman–Crippen MR) is 121 cm³/mol. The Kier molecular flexibility index (Phi) is 10.6. The summed E-state index contributed by atoms with van der Waals surface area (Å²) in [5, 5.41) is 6.34. The van der Waals surface area contributed by atoms with E-state index in [9.17, 15) is 13.2 Å². The van der Waals surface area contributed by atoms with Crippen LogP contribution in [0.15, 0.2) is 23.3 Å². The fraction of sp³-hybridized carbons (Fsp3) is 0.700. The lowest BCUT2D eigenvalue weighted by Gasteiger charge is -2.40. The summed E-state index contributed by atoms with van der Waals surface area (Å²) in [4.78, 5) is 7.84. The fourth-order valence-corrected chi connectivity index (χ4v) is 3.50. The van der Waals surface area contributed by atoms with Gasteiger partial charge in [0.25, 0.3) is 0 Å². The van der Waals surface area contributed by atoms with Crippen molar-refractivity contribution in [3.05, 3.63) is 23.9 Å². The van der Waals surface area contributed by atoms with Crippen LogP contribution in [0.5, 0.6) is 5.88 Å². The Hall–Kier alpha value is -1.30. The molecule has 0 bridgehead atoms. The molecule has 2 rings (SSSR count). The third-order valence-corrected chi connectivity index (χ3v) is 4.76. The second kappa shape index (κ2) is 11.9. The summed E-state index contributed by atoms with van der Waals surface area (Å²) < 4.78 is 50.1.